The number of carbonyl (C=O) groups excluding carboxylic acids is 2. The summed E-state index contributed by atoms with van der Waals surface area (Å²) in [6, 6.07) is 18.2. The number of benzene rings is 4. The molecule has 4 aromatic carbocycles. The quantitative estimate of drug-likeness (QED) is 0.0676. The van der Waals surface area contributed by atoms with E-state index in [-0.39, 0.29) is 111 Å². The van der Waals surface area contributed by atoms with Gasteiger partial charge in [-0.1, -0.05) is 54.4 Å². The molecule has 0 radical (unpaired) electrons. The maximum atomic E-state index is 14.5. The van der Waals surface area contributed by atoms with Crippen LogP contribution in [0.5, 0.6) is 23.0 Å². The molecule has 6 aromatic rings. The van der Waals surface area contributed by atoms with Crippen molar-refractivity contribution in [1.29, 1.82) is 0 Å². The molecule has 66 heavy (non-hydrogen) atoms. The fraction of sp³-hybridized carbons (Fsp3) is 0.292. The molecule has 0 aliphatic carbocycles. The first-order chi connectivity index (χ1) is 31.5. The number of aliphatic imine (C=N–C) groups is 2. The molecule has 18 heteroatoms. The van der Waals surface area contributed by atoms with Gasteiger partial charge in [0.05, 0.1) is 39.9 Å². The van der Waals surface area contributed by atoms with Crippen molar-refractivity contribution in [2.75, 3.05) is 33.2 Å². The Morgan fingerprint density at radius 1 is 0.773 bits per heavy atom. The standard InChI is InChI=1S/C48H44Cl2N4O12/c1-6-40(61)63-36-21-31(57)41-30(56)19-33(26-11-7-9-13-28(26)49)64-45(41)43(36)48(52-4)16-18-54(24-39(48)60)66-35-22-37(62-25(2)55)44(47(51-3)15-17-53(5)23-38(47)59)46-42(35)32(58)20-34(65-46)27-12-8-10-14-29(27)50/h7-14,19-22,38-39,57,59-60H,3-4,6,15-18,23-24H2,1-2,5H3/t38-,39-,47-,48-/m1/s1. The zero-order valence-electron chi connectivity index (χ0n) is 36.0. The minimum absolute atomic E-state index is 0.0174. The minimum Gasteiger partial charge on any atom is -0.507 e. The third-order valence-corrected chi connectivity index (χ3v) is 12.8. The third kappa shape index (κ3) is 8.03. The lowest BCUT2D eigenvalue weighted by atomic mass is 9.77. The predicted octanol–water partition coefficient (Wildman–Crippen LogP) is 7.04. The van der Waals surface area contributed by atoms with Crippen molar-refractivity contribution >= 4 is 70.5 Å². The lowest BCUT2D eigenvalue weighted by Crippen LogP contribution is -2.53. The number of rotatable bonds is 11. The lowest BCUT2D eigenvalue weighted by Gasteiger charge is -2.43. The van der Waals surface area contributed by atoms with E-state index in [1.807, 2.05) is 11.9 Å². The first-order valence-electron chi connectivity index (χ1n) is 20.9. The first kappa shape index (κ1) is 46.1. The molecule has 2 aromatic heterocycles. The molecule has 0 amide bonds. The number of halogens is 2. The molecule has 2 saturated heterocycles. The Balaban J connectivity index is 1.28. The van der Waals surface area contributed by atoms with Crippen LogP contribution in [0.3, 0.4) is 0 Å². The average Bonchev–Trinajstić information content (AvgIpc) is 3.27. The summed E-state index contributed by atoms with van der Waals surface area (Å²) in [5, 5.41) is 36.7. The van der Waals surface area contributed by atoms with Gasteiger partial charge in [0, 0.05) is 68.4 Å². The number of aliphatic hydroxyl groups is 2. The summed E-state index contributed by atoms with van der Waals surface area (Å²) in [4.78, 5) is 71.3. The normalized spacial score (nSPS) is 21.4. The van der Waals surface area contributed by atoms with Gasteiger partial charge in [-0.15, -0.1) is 5.06 Å². The number of phenols is 1. The fourth-order valence-corrected chi connectivity index (χ4v) is 9.31. The monoisotopic (exact) mass is 938 g/mol. The van der Waals surface area contributed by atoms with Gasteiger partial charge in [-0.2, -0.15) is 0 Å². The molecule has 342 valence electrons. The summed E-state index contributed by atoms with van der Waals surface area (Å²) in [7, 11) is 1.83. The number of nitrogens with zero attached hydrogens (tertiary/aromatic N) is 4. The Bertz CT molecular complexity index is 3080. The van der Waals surface area contributed by atoms with Crippen LogP contribution < -0.4 is 25.2 Å². The van der Waals surface area contributed by atoms with Gasteiger partial charge < -0.3 is 43.4 Å². The molecular formula is C48H44Cl2N4O12. The van der Waals surface area contributed by atoms with E-state index in [2.05, 4.69) is 23.4 Å². The van der Waals surface area contributed by atoms with Crippen LogP contribution in [0.2, 0.25) is 10.0 Å². The second-order valence-corrected chi connectivity index (χ2v) is 17.0. The number of carbonyl (C=O) groups is 2. The van der Waals surface area contributed by atoms with Crippen LogP contribution in [0.4, 0.5) is 0 Å². The van der Waals surface area contributed by atoms with Crippen LogP contribution in [-0.2, 0) is 20.7 Å². The second kappa shape index (κ2) is 18.1. The van der Waals surface area contributed by atoms with Gasteiger partial charge in [0.25, 0.3) is 0 Å². The molecule has 4 heterocycles. The van der Waals surface area contributed by atoms with Gasteiger partial charge in [0.2, 0.25) is 0 Å². The van der Waals surface area contributed by atoms with E-state index in [1.165, 1.54) is 30.2 Å². The van der Waals surface area contributed by atoms with Crippen molar-refractivity contribution < 1.29 is 48.1 Å². The van der Waals surface area contributed by atoms with Gasteiger partial charge in [0.15, 0.2) is 27.8 Å². The lowest BCUT2D eigenvalue weighted by molar-refractivity contribution is -0.135. The molecule has 0 bridgehead atoms. The molecule has 0 saturated carbocycles. The fourth-order valence-electron chi connectivity index (χ4n) is 8.86. The molecular weight excluding hydrogens is 895 g/mol. The maximum absolute atomic E-state index is 14.5. The third-order valence-electron chi connectivity index (χ3n) is 12.2. The van der Waals surface area contributed by atoms with E-state index in [0.717, 1.165) is 6.07 Å². The number of hydrogen-bond acceptors (Lipinski definition) is 16. The largest absolute Gasteiger partial charge is 0.507 e. The molecule has 8 rings (SSSR count). The summed E-state index contributed by atoms with van der Waals surface area (Å²) in [5.41, 5.74) is -4.18. The zero-order valence-corrected chi connectivity index (χ0v) is 37.5. The Labute approximate surface area is 386 Å². The van der Waals surface area contributed by atoms with Crippen LogP contribution in [-0.4, -0.2) is 96.1 Å². The van der Waals surface area contributed by atoms with Crippen LogP contribution in [0.1, 0.15) is 44.2 Å². The SMILES string of the molecule is C=N[C@]1(c2c(OC(=O)CC)cc(O)c3c(=O)cc(-c4ccccc4Cl)oc23)CCN(Oc2cc(OC(C)=O)c([C@@]3(N=C)CCN(C)C[C@H]3O)c3oc(-c4ccccc4Cl)cc(=O)c23)C[C@H]1O. The highest BCUT2D eigenvalue weighted by Gasteiger charge is 2.50. The summed E-state index contributed by atoms with van der Waals surface area (Å²) in [5.74, 6) is -2.46. The molecule has 0 unspecified atom stereocenters. The van der Waals surface area contributed by atoms with Crippen molar-refractivity contribution in [3.8, 4) is 45.6 Å². The number of fused-ring (bicyclic) bond motifs is 2. The van der Waals surface area contributed by atoms with E-state index in [9.17, 15) is 34.5 Å². The van der Waals surface area contributed by atoms with Crippen molar-refractivity contribution in [2.45, 2.75) is 56.4 Å². The van der Waals surface area contributed by atoms with Gasteiger partial charge in [-0.3, -0.25) is 29.2 Å². The Kier molecular flexibility index (Phi) is 12.7. The van der Waals surface area contributed by atoms with Gasteiger partial charge in [-0.05, 0) is 57.6 Å². The van der Waals surface area contributed by atoms with E-state index in [4.69, 9.17) is 46.3 Å². The molecule has 16 nitrogen and oxygen atoms in total. The van der Waals surface area contributed by atoms with Gasteiger partial charge in [-0.25, -0.2) is 0 Å². The summed E-state index contributed by atoms with van der Waals surface area (Å²) in [6.07, 6.45) is -2.80. The minimum atomic E-state index is -1.78. The number of likely N-dealkylation sites (N-methyl/N-ethyl adjacent to an activating group) is 1. The van der Waals surface area contributed by atoms with Crippen LogP contribution in [0.25, 0.3) is 44.6 Å². The number of piperidine rings is 2. The summed E-state index contributed by atoms with van der Waals surface area (Å²) >= 11 is 13.1. The van der Waals surface area contributed by atoms with Crippen molar-refractivity contribution in [1.82, 2.24) is 9.96 Å². The van der Waals surface area contributed by atoms with E-state index in [1.54, 1.807) is 55.5 Å². The predicted molar refractivity (Wildman–Crippen MR) is 248 cm³/mol. The molecule has 2 aliphatic rings. The van der Waals surface area contributed by atoms with Crippen LogP contribution >= 0.6 is 23.2 Å². The summed E-state index contributed by atoms with van der Waals surface area (Å²) < 4.78 is 24.5. The van der Waals surface area contributed by atoms with Gasteiger partial charge in [0.1, 0.15) is 50.6 Å². The van der Waals surface area contributed by atoms with E-state index in [0.29, 0.717) is 17.7 Å². The number of hydroxylamine groups is 2. The number of aliphatic hydroxyl groups excluding tert-OH is 2. The highest BCUT2D eigenvalue weighted by molar-refractivity contribution is 6.33. The number of likely N-dealkylation sites (tertiary alicyclic amines) is 1. The molecule has 4 atom stereocenters. The molecule has 2 aliphatic heterocycles. The zero-order chi connectivity index (χ0) is 47.2. The number of phenolic OH excluding ortho intramolecular Hbond substituents is 1. The van der Waals surface area contributed by atoms with Crippen LogP contribution in [0.15, 0.2) is 101 Å². The molecule has 0 spiro atoms. The van der Waals surface area contributed by atoms with Gasteiger partial charge >= 0.3 is 11.9 Å². The summed E-state index contributed by atoms with van der Waals surface area (Å²) in [6.45, 7) is 10.6. The highest BCUT2D eigenvalue weighted by atomic mass is 35.5. The maximum Gasteiger partial charge on any atom is 0.310 e. The number of hydrogen-bond donors (Lipinski definition) is 3. The van der Waals surface area contributed by atoms with Crippen LogP contribution in [0, 0.1) is 0 Å². The first-order valence-corrected chi connectivity index (χ1v) is 21.6. The topological polar surface area (TPSA) is 214 Å². The Morgan fingerprint density at radius 2 is 1.29 bits per heavy atom. The second-order valence-electron chi connectivity index (χ2n) is 16.2. The van der Waals surface area contributed by atoms with Crippen molar-refractivity contribution in [3.63, 3.8) is 0 Å². The number of aromatic hydroxyl groups is 1. The Hall–Kier alpha value is -6.40. The number of esters is 2. The van der Waals surface area contributed by atoms with E-state index < -0.39 is 51.8 Å². The molecule has 2 fully saturated rings. The number of β-amino-alcohol motifs (C(OH)–C–C–N with tert-alkyl or cyclic N) is 2. The van der Waals surface area contributed by atoms with E-state index >= 15 is 0 Å². The average molecular weight is 940 g/mol. The smallest absolute Gasteiger partial charge is 0.310 e. The van der Waals surface area contributed by atoms with Crippen molar-refractivity contribution in [3.05, 3.63) is 114 Å². The highest BCUT2D eigenvalue weighted by Crippen LogP contribution is 2.51. The van der Waals surface area contributed by atoms with Crippen molar-refractivity contribution in [2.24, 2.45) is 9.98 Å². The number of ether oxygens (including phenoxy) is 2. The Morgan fingerprint density at radius 3 is 1.80 bits per heavy atom. The molecule has 3 N–H and O–H groups in total.